The van der Waals surface area contributed by atoms with Crippen LogP contribution in [0.5, 0.6) is 0 Å². The van der Waals surface area contributed by atoms with Crippen LogP contribution in [0.4, 0.5) is 0 Å². The minimum absolute atomic E-state index is 0.152. The molecule has 3 heteroatoms. The Labute approximate surface area is 92.1 Å². The summed E-state index contributed by atoms with van der Waals surface area (Å²) >= 11 is 0. The predicted octanol–water partition coefficient (Wildman–Crippen LogP) is 2.25. The third-order valence-electron chi connectivity index (χ3n) is 3.30. The minimum Gasteiger partial charge on any atom is -0.359 e. The van der Waals surface area contributed by atoms with E-state index in [1.807, 2.05) is 6.92 Å². The average Bonchev–Trinajstić information content (AvgIpc) is 2.25. The van der Waals surface area contributed by atoms with E-state index in [0.29, 0.717) is 30.8 Å². The van der Waals surface area contributed by atoms with Gasteiger partial charge in [0.2, 0.25) is 0 Å². The lowest BCUT2D eigenvalue weighted by Crippen LogP contribution is -2.28. The van der Waals surface area contributed by atoms with Crippen molar-refractivity contribution in [3.63, 3.8) is 0 Å². The molecule has 0 aromatic rings. The van der Waals surface area contributed by atoms with E-state index < -0.39 is 0 Å². The van der Waals surface area contributed by atoms with E-state index in [2.05, 4.69) is 13.8 Å². The topological polar surface area (TPSA) is 35.5 Å². The molecular formula is C12H22O3. The second-order valence-electron chi connectivity index (χ2n) is 4.80. The fourth-order valence-electron chi connectivity index (χ4n) is 2.49. The molecule has 0 saturated heterocycles. The number of hydrogen-bond donors (Lipinski definition) is 0. The molecule has 88 valence electrons. The van der Waals surface area contributed by atoms with Crippen molar-refractivity contribution in [1.29, 1.82) is 0 Å². The normalized spacial score (nSPS) is 37.7. The summed E-state index contributed by atoms with van der Waals surface area (Å²) in [6.07, 6.45) is 1.72. The molecule has 0 N–H and O–H groups in total. The molecule has 15 heavy (non-hydrogen) atoms. The van der Waals surface area contributed by atoms with E-state index in [9.17, 15) is 4.79 Å². The Morgan fingerprint density at radius 2 is 1.93 bits per heavy atom. The van der Waals surface area contributed by atoms with Crippen molar-refractivity contribution in [3.8, 4) is 0 Å². The van der Waals surface area contributed by atoms with Crippen molar-refractivity contribution in [2.45, 2.75) is 39.7 Å². The lowest BCUT2D eigenvalue weighted by atomic mass is 9.91. The molecule has 0 amide bonds. The lowest BCUT2D eigenvalue weighted by Gasteiger charge is -2.26. The molecule has 3 nitrogen and oxygen atoms in total. The maximum Gasteiger partial charge on any atom is 0.146 e. The smallest absolute Gasteiger partial charge is 0.146 e. The van der Waals surface area contributed by atoms with E-state index in [4.69, 9.17) is 9.47 Å². The maximum absolute atomic E-state index is 11.7. The number of ketones is 1. The monoisotopic (exact) mass is 214 g/mol. The van der Waals surface area contributed by atoms with Crippen LogP contribution >= 0.6 is 0 Å². The highest BCUT2D eigenvalue weighted by atomic mass is 16.7. The van der Waals surface area contributed by atoms with Gasteiger partial charge in [0, 0.05) is 19.4 Å². The molecule has 0 aliphatic heterocycles. The van der Waals surface area contributed by atoms with Crippen LogP contribution in [0.15, 0.2) is 0 Å². The maximum atomic E-state index is 11.7. The number of Topliss-reactive ketones (excluding diaryl/α,β-unsaturated/α-hetero) is 1. The Balaban J connectivity index is 2.63. The third kappa shape index (κ3) is 3.28. The SMILES string of the molecule is COCOC1C(C)CC(=O)C(C)CC1C. The summed E-state index contributed by atoms with van der Waals surface area (Å²) in [6, 6.07) is 0. The van der Waals surface area contributed by atoms with E-state index in [0.717, 1.165) is 6.42 Å². The Morgan fingerprint density at radius 3 is 2.53 bits per heavy atom. The number of rotatable bonds is 3. The number of hydrogen-bond acceptors (Lipinski definition) is 3. The molecule has 1 rings (SSSR count). The first-order valence-electron chi connectivity index (χ1n) is 5.69. The lowest BCUT2D eigenvalue weighted by molar-refractivity contribution is -0.124. The highest BCUT2D eigenvalue weighted by molar-refractivity contribution is 5.81. The van der Waals surface area contributed by atoms with E-state index >= 15 is 0 Å². The van der Waals surface area contributed by atoms with Gasteiger partial charge in [-0.05, 0) is 18.3 Å². The van der Waals surface area contributed by atoms with Crippen LogP contribution < -0.4 is 0 Å². The highest BCUT2D eigenvalue weighted by Crippen LogP contribution is 2.31. The van der Waals surface area contributed by atoms with Crippen LogP contribution in [0.25, 0.3) is 0 Å². The van der Waals surface area contributed by atoms with Crippen molar-refractivity contribution < 1.29 is 14.3 Å². The fourth-order valence-corrected chi connectivity index (χ4v) is 2.49. The molecule has 0 spiro atoms. The first kappa shape index (κ1) is 12.7. The second-order valence-corrected chi connectivity index (χ2v) is 4.80. The van der Waals surface area contributed by atoms with E-state index in [-0.39, 0.29) is 12.0 Å². The first-order chi connectivity index (χ1) is 7.06. The summed E-state index contributed by atoms with van der Waals surface area (Å²) in [5, 5.41) is 0. The van der Waals surface area contributed by atoms with Crippen molar-refractivity contribution in [2.24, 2.45) is 17.8 Å². The molecule has 1 saturated carbocycles. The van der Waals surface area contributed by atoms with Crippen LogP contribution in [0, 0.1) is 17.8 Å². The van der Waals surface area contributed by atoms with E-state index in [1.165, 1.54) is 0 Å². The molecule has 4 atom stereocenters. The number of methoxy groups -OCH3 is 1. The van der Waals surface area contributed by atoms with Gasteiger partial charge in [0.15, 0.2) is 0 Å². The zero-order valence-corrected chi connectivity index (χ0v) is 10.2. The largest absolute Gasteiger partial charge is 0.359 e. The molecule has 1 aliphatic rings. The van der Waals surface area contributed by atoms with Crippen LogP contribution in [-0.2, 0) is 14.3 Å². The van der Waals surface area contributed by atoms with Crippen molar-refractivity contribution in [1.82, 2.24) is 0 Å². The molecule has 0 radical (unpaired) electrons. The van der Waals surface area contributed by atoms with Gasteiger partial charge < -0.3 is 9.47 Å². The first-order valence-corrected chi connectivity index (χ1v) is 5.69. The Kier molecular flexibility index (Phi) is 4.74. The minimum atomic E-state index is 0.152. The summed E-state index contributed by atoms with van der Waals surface area (Å²) < 4.78 is 10.6. The van der Waals surface area contributed by atoms with Gasteiger partial charge in [0.05, 0.1) is 6.10 Å². The Hall–Kier alpha value is -0.410. The zero-order chi connectivity index (χ0) is 11.4. The third-order valence-corrected chi connectivity index (χ3v) is 3.30. The van der Waals surface area contributed by atoms with Crippen LogP contribution in [0.2, 0.25) is 0 Å². The van der Waals surface area contributed by atoms with Crippen LogP contribution in [-0.4, -0.2) is 25.8 Å². The molecular weight excluding hydrogens is 192 g/mol. The van der Waals surface area contributed by atoms with E-state index in [1.54, 1.807) is 7.11 Å². The standard InChI is InChI=1S/C12H22O3/c1-8-5-9(2)12(15-7-14-4)10(3)6-11(8)13/h8-10,12H,5-7H2,1-4H3. The van der Waals surface area contributed by atoms with Crippen LogP contribution in [0.3, 0.4) is 0 Å². The van der Waals surface area contributed by atoms with Crippen molar-refractivity contribution in [2.75, 3.05) is 13.9 Å². The summed E-state index contributed by atoms with van der Waals surface area (Å²) in [6.45, 7) is 6.59. The van der Waals surface area contributed by atoms with Gasteiger partial charge in [-0.15, -0.1) is 0 Å². The summed E-state index contributed by atoms with van der Waals surface area (Å²) in [4.78, 5) is 11.7. The van der Waals surface area contributed by atoms with Crippen molar-refractivity contribution in [3.05, 3.63) is 0 Å². The van der Waals surface area contributed by atoms with Gasteiger partial charge in [0.25, 0.3) is 0 Å². The molecule has 0 aromatic carbocycles. The molecule has 0 heterocycles. The van der Waals surface area contributed by atoms with Gasteiger partial charge in [-0.2, -0.15) is 0 Å². The van der Waals surface area contributed by atoms with Crippen LogP contribution in [0.1, 0.15) is 33.6 Å². The fraction of sp³-hybridized carbons (Fsp3) is 0.917. The molecule has 1 fully saturated rings. The number of carbonyl (C=O) groups excluding carboxylic acids is 1. The van der Waals surface area contributed by atoms with Gasteiger partial charge in [-0.3, -0.25) is 4.79 Å². The zero-order valence-electron chi connectivity index (χ0n) is 10.2. The molecule has 1 aliphatic carbocycles. The summed E-state index contributed by atoms with van der Waals surface area (Å²) in [5.41, 5.74) is 0. The highest BCUT2D eigenvalue weighted by Gasteiger charge is 2.33. The van der Waals surface area contributed by atoms with Gasteiger partial charge in [-0.25, -0.2) is 0 Å². The Morgan fingerprint density at radius 1 is 1.27 bits per heavy atom. The second kappa shape index (κ2) is 5.61. The predicted molar refractivity (Wildman–Crippen MR) is 58.5 cm³/mol. The van der Waals surface area contributed by atoms with Crippen molar-refractivity contribution >= 4 is 5.78 Å². The number of carbonyl (C=O) groups is 1. The summed E-state index contributed by atoms with van der Waals surface area (Å²) in [5.74, 6) is 1.28. The molecule has 4 unspecified atom stereocenters. The quantitative estimate of drug-likeness (QED) is 0.534. The Bertz CT molecular complexity index is 215. The van der Waals surface area contributed by atoms with Gasteiger partial charge in [-0.1, -0.05) is 20.8 Å². The molecule has 0 aromatic heterocycles. The number of ether oxygens (including phenoxy) is 2. The average molecular weight is 214 g/mol. The summed E-state index contributed by atoms with van der Waals surface area (Å²) in [7, 11) is 1.62. The van der Waals surface area contributed by atoms with Gasteiger partial charge >= 0.3 is 0 Å². The van der Waals surface area contributed by atoms with Gasteiger partial charge in [0.1, 0.15) is 12.6 Å². The molecule has 0 bridgehead atoms.